The summed E-state index contributed by atoms with van der Waals surface area (Å²) in [7, 11) is 1.92. The number of fused-ring (bicyclic) bond motifs is 1. The average Bonchev–Trinajstić information content (AvgIpc) is 3.22. The minimum absolute atomic E-state index is 0.161. The lowest BCUT2D eigenvalue weighted by molar-refractivity contribution is 0.156. The van der Waals surface area contributed by atoms with E-state index in [1.54, 1.807) is 6.33 Å². The molecule has 2 heterocycles. The van der Waals surface area contributed by atoms with Crippen LogP contribution in [-0.4, -0.2) is 20.6 Å². The van der Waals surface area contributed by atoms with Crippen LogP contribution in [0.2, 0.25) is 5.02 Å². The van der Waals surface area contributed by atoms with E-state index in [4.69, 9.17) is 16.3 Å². The van der Waals surface area contributed by atoms with E-state index in [1.807, 2.05) is 61.9 Å². The highest BCUT2D eigenvalue weighted by Crippen LogP contribution is 2.32. The summed E-state index contributed by atoms with van der Waals surface area (Å²) in [5, 5.41) is 4.33. The number of nitrogens with zero attached hydrogens (tertiary/aromatic N) is 3. The number of aryl methyl sites for hydroxylation is 3. The molecule has 0 aliphatic rings. The number of benzene rings is 2. The number of hydrogen-bond donors (Lipinski definition) is 1. The van der Waals surface area contributed by atoms with Crippen molar-refractivity contribution in [3.63, 3.8) is 0 Å². The third-order valence-corrected chi connectivity index (χ3v) is 6.02. The maximum absolute atomic E-state index is 12.2. The van der Waals surface area contributed by atoms with Crippen molar-refractivity contribution in [2.24, 2.45) is 7.05 Å². The first-order chi connectivity index (χ1) is 13.9. The SMILES string of the molecule is Cc1cc(Cl)ccc1-c1nc(C)c(COC(=O)Nc2ccc3c(c2)ncn3C)s1. The number of hydrogen-bond acceptors (Lipinski definition) is 5. The van der Waals surface area contributed by atoms with Crippen molar-refractivity contribution in [3.8, 4) is 10.6 Å². The molecule has 4 aromatic rings. The zero-order valence-corrected chi connectivity index (χ0v) is 17.8. The monoisotopic (exact) mass is 426 g/mol. The fourth-order valence-corrected chi connectivity index (χ4v) is 4.34. The highest BCUT2D eigenvalue weighted by atomic mass is 35.5. The van der Waals surface area contributed by atoms with Gasteiger partial charge in [0, 0.05) is 23.3 Å². The molecule has 2 aromatic carbocycles. The van der Waals surface area contributed by atoms with Crippen LogP contribution in [0.3, 0.4) is 0 Å². The lowest BCUT2D eigenvalue weighted by Crippen LogP contribution is -2.13. The molecule has 0 bridgehead atoms. The van der Waals surface area contributed by atoms with Crippen LogP contribution in [0.5, 0.6) is 0 Å². The molecule has 8 heteroatoms. The van der Waals surface area contributed by atoms with Crippen molar-refractivity contribution in [2.45, 2.75) is 20.5 Å². The van der Waals surface area contributed by atoms with E-state index in [0.29, 0.717) is 10.7 Å². The summed E-state index contributed by atoms with van der Waals surface area (Å²) in [6.07, 6.45) is 1.22. The third kappa shape index (κ3) is 4.11. The predicted molar refractivity (Wildman–Crippen MR) is 117 cm³/mol. The molecule has 1 N–H and O–H groups in total. The summed E-state index contributed by atoms with van der Waals surface area (Å²) in [6, 6.07) is 11.3. The van der Waals surface area contributed by atoms with E-state index in [9.17, 15) is 4.79 Å². The van der Waals surface area contributed by atoms with Crippen molar-refractivity contribution in [3.05, 3.63) is 63.9 Å². The van der Waals surface area contributed by atoms with Crippen LogP contribution in [0.1, 0.15) is 16.1 Å². The fraction of sp³-hybridized carbons (Fsp3) is 0.190. The van der Waals surface area contributed by atoms with Gasteiger partial charge >= 0.3 is 6.09 Å². The van der Waals surface area contributed by atoms with E-state index in [-0.39, 0.29) is 6.61 Å². The summed E-state index contributed by atoms with van der Waals surface area (Å²) in [6.45, 7) is 4.07. The third-order valence-electron chi connectivity index (χ3n) is 4.62. The van der Waals surface area contributed by atoms with Crippen LogP contribution in [0.25, 0.3) is 21.6 Å². The Hall–Kier alpha value is -2.90. The van der Waals surface area contributed by atoms with Gasteiger partial charge in [-0.2, -0.15) is 0 Å². The van der Waals surface area contributed by atoms with Crippen LogP contribution in [0.4, 0.5) is 10.5 Å². The van der Waals surface area contributed by atoms with Gasteiger partial charge in [-0.15, -0.1) is 11.3 Å². The molecule has 6 nitrogen and oxygen atoms in total. The molecule has 29 heavy (non-hydrogen) atoms. The van der Waals surface area contributed by atoms with Crippen molar-refractivity contribution in [1.82, 2.24) is 14.5 Å². The molecule has 0 saturated carbocycles. The van der Waals surface area contributed by atoms with Crippen molar-refractivity contribution in [2.75, 3.05) is 5.32 Å². The Morgan fingerprint density at radius 2 is 2.07 bits per heavy atom. The minimum atomic E-state index is -0.516. The first kappa shape index (κ1) is 19.4. The molecule has 0 aliphatic carbocycles. The lowest BCUT2D eigenvalue weighted by atomic mass is 10.1. The molecular weight excluding hydrogens is 408 g/mol. The van der Waals surface area contributed by atoms with Gasteiger partial charge in [0.1, 0.15) is 11.6 Å². The molecule has 0 spiro atoms. The molecule has 4 rings (SSSR count). The maximum atomic E-state index is 12.2. The Morgan fingerprint density at radius 1 is 1.24 bits per heavy atom. The highest BCUT2D eigenvalue weighted by Gasteiger charge is 2.14. The summed E-state index contributed by atoms with van der Waals surface area (Å²) < 4.78 is 7.32. The molecular formula is C21H19ClN4O2S. The van der Waals surface area contributed by atoms with E-state index in [1.165, 1.54) is 11.3 Å². The quantitative estimate of drug-likeness (QED) is 0.453. The topological polar surface area (TPSA) is 69.0 Å². The van der Waals surface area contributed by atoms with Gasteiger partial charge < -0.3 is 9.30 Å². The van der Waals surface area contributed by atoms with Crippen LogP contribution in [-0.2, 0) is 18.4 Å². The number of carbonyl (C=O) groups excluding carboxylic acids is 1. The van der Waals surface area contributed by atoms with E-state index < -0.39 is 6.09 Å². The Labute approximate surface area is 177 Å². The Kier molecular flexibility index (Phi) is 5.25. The highest BCUT2D eigenvalue weighted by molar-refractivity contribution is 7.15. The number of carbonyl (C=O) groups is 1. The fourth-order valence-electron chi connectivity index (χ4n) is 3.04. The summed E-state index contributed by atoms with van der Waals surface area (Å²) in [5.74, 6) is 0. The molecule has 0 unspecified atom stereocenters. The maximum Gasteiger partial charge on any atom is 0.411 e. The lowest BCUT2D eigenvalue weighted by Gasteiger charge is -2.06. The number of ether oxygens (including phenoxy) is 1. The number of rotatable bonds is 4. The van der Waals surface area contributed by atoms with Crippen molar-refractivity contribution < 1.29 is 9.53 Å². The van der Waals surface area contributed by atoms with Crippen molar-refractivity contribution in [1.29, 1.82) is 0 Å². The Balaban J connectivity index is 1.43. The number of imidazole rings is 1. The van der Waals surface area contributed by atoms with E-state index in [0.717, 1.165) is 37.7 Å². The molecule has 2 aromatic heterocycles. The summed E-state index contributed by atoms with van der Waals surface area (Å²) in [4.78, 5) is 22.0. The molecule has 0 aliphatic heterocycles. The number of amides is 1. The normalized spacial score (nSPS) is 11.0. The molecule has 148 valence electrons. The average molecular weight is 427 g/mol. The zero-order valence-electron chi connectivity index (χ0n) is 16.2. The number of halogens is 1. The van der Waals surface area contributed by atoms with Gasteiger partial charge in [-0.05, 0) is 49.7 Å². The standard InChI is InChI=1S/C21H19ClN4O2S/c1-12-8-14(22)4-6-16(12)20-24-13(2)19(29-20)10-28-21(27)25-15-5-7-18-17(9-15)23-11-26(18)3/h4-9,11H,10H2,1-3H3,(H,25,27). The Bertz CT molecular complexity index is 1210. The number of anilines is 1. The van der Waals surface area contributed by atoms with E-state index >= 15 is 0 Å². The first-order valence-corrected chi connectivity index (χ1v) is 10.2. The molecule has 0 radical (unpaired) electrons. The van der Waals surface area contributed by atoms with Crippen molar-refractivity contribution >= 4 is 45.8 Å². The van der Waals surface area contributed by atoms with Gasteiger partial charge in [-0.25, -0.2) is 14.8 Å². The predicted octanol–water partition coefficient (Wildman–Crippen LogP) is 5.72. The Morgan fingerprint density at radius 3 is 2.86 bits per heavy atom. The van der Waals surface area contributed by atoms with Gasteiger partial charge in [0.05, 0.1) is 27.9 Å². The van der Waals surface area contributed by atoms with Gasteiger partial charge in [0.25, 0.3) is 0 Å². The van der Waals surface area contributed by atoms with Crippen LogP contribution >= 0.6 is 22.9 Å². The van der Waals surface area contributed by atoms with Gasteiger partial charge in [0.2, 0.25) is 0 Å². The first-order valence-electron chi connectivity index (χ1n) is 8.98. The smallest absolute Gasteiger partial charge is 0.411 e. The summed E-state index contributed by atoms with van der Waals surface area (Å²) in [5.41, 5.74) is 5.38. The number of thiazole rings is 1. The van der Waals surface area contributed by atoms with Crippen LogP contribution < -0.4 is 5.32 Å². The number of nitrogens with one attached hydrogen (secondary N) is 1. The molecule has 0 fully saturated rings. The molecule has 1 amide bonds. The van der Waals surface area contributed by atoms with Crippen LogP contribution in [0, 0.1) is 13.8 Å². The largest absolute Gasteiger partial charge is 0.444 e. The van der Waals surface area contributed by atoms with Gasteiger partial charge in [-0.3, -0.25) is 5.32 Å². The molecule has 0 saturated heterocycles. The second kappa shape index (κ2) is 7.85. The number of aromatic nitrogens is 3. The van der Waals surface area contributed by atoms with Crippen LogP contribution in [0.15, 0.2) is 42.7 Å². The van der Waals surface area contributed by atoms with Gasteiger partial charge in [-0.1, -0.05) is 17.7 Å². The second-order valence-electron chi connectivity index (χ2n) is 6.75. The second-order valence-corrected chi connectivity index (χ2v) is 8.27. The van der Waals surface area contributed by atoms with Gasteiger partial charge in [0.15, 0.2) is 0 Å². The zero-order chi connectivity index (χ0) is 20.5. The molecule has 0 atom stereocenters. The van der Waals surface area contributed by atoms with E-state index in [2.05, 4.69) is 15.3 Å². The minimum Gasteiger partial charge on any atom is -0.444 e. The summed E-state index contributed by atoms with van der Waals surface area (Å²) >= 11 is 7.55.